The first-order valence-electron chi connectivity index (χ1n) is 10.2. The predicted molar refractivity (Wildman–Crippen MR) is 115 cm³/mol. The highest BCUT2D eigenvalue weighted by Gasteiger charge is 2.27. The zero-order valence-electron chi connectivity index (χ0n) is 16.5. The molecule has 2 aromatic carbocycles. The number of halogens is 1. The summed E-state index contributed by atoms with van der Waals surface area (Å²) in [4.78, 5) is 19.5. The van der Waals surface area contributed by atoms with Gasteiger partial charge in [0.05, 0.1) is 6.54 Å². The van der Waals surface area contributed by atoms with Crippen LogP contribution in [0.15, 0.2) is 48.5 Å². The third-order valence-corrected chi connectivity index (χ3v) is 6.30. The summed E-state index contributed by atoms with van der Waals surface area (Å²) in [5.74, 6) is 0.233. The second-order valence-electron chi connectivity index (χ2n) is 7.87. The maximum absolute atomic E-state index is 12.9. The summed E-state index contributed by atoms with van der Waals surface area (Å²) >= 11 is 6.11. The first-order chi connectivity index (χ1) is 13.6. The van der Waals surface area contributed by atoms with Crippen LogP contribution in [0, 0.1) is 0 Å². The average Bonchev–Trinajstić information content (AvgIpc) is 2.73. The number of piperazine rings is 1. The number of nitrogens with zero attached hydrogens (tertiary/aromatic N) is 3. The number of hydrogen-bond acceptors (Lipinski definition) is 3. The van der Waals surface area contributed by atoms with Crippen LogP contribution in [0.3, 0.4) is 0 Å². The van der Waals surface area contributed by atoms with Crippen molar-refractivity contribution in [2.24, 2.45) is 0 Å². The Morgan fingerprint density at radius 2 is 1.89 bits per heavy atom. The summed E-state index contributed by atoms with van der Waals surface area (Å²) < 4.78 is 0. The van der Waals surface area contributed by atoms with Gasteiger partial charge >= 0.3 is 0 Å². The number of carbonyl (C=O) groups is 1. The van der Waals surface area contributed by atoms with E-state index in [2.05, 4.69) is 47.2 Å². The lowest BCUT2D eigenvalue weighted by molar-refractivity contribution is -0.133. The molecule has 0 bridgehead atoms. The Hall–Kier alpha value is -2.04. The van der Waals surface area contributed by atoms with Crippen LogP contribution < -0.4 is 4.90 Å². The van der Waals surface area contributed by atoms with Gasteiger partial charge in [0.2, 0.25) is 5.91 Å². The Bertz CT molecular complexity index is 832. The molecule has 0 radical (unpaired) electrons. The largest absolute Gasteiger partial charge is 0.368 e. The molecule has 4 rings (SSSR count). The molecule has 0 aromatic heterocycles. The number of aryl methyl sites for hydroxylation is 1. The van der Waals surface area contributed by atoms with Crippen LogP contribution in [0.4, 0.5) is 5.69 Å². The van der Waals surface area contributed by atoms with Gasteiger partial charge in [-0.05, 0) is 55.6 Å². The van der Waals surface area contributed by atoms with Crippen LogP contribution in [0.25, 0.3) is 0 Å². The molecule has 1 amide bonds. The molecule has 1 aliphatic heterocycles. The molecule has 0 spiro atoms. The van der Waals surface area contributed by atoms with Gasteiger partial charge in [-0.3, -0.25) is 9.69 Å². The number of carbonyl (C=O) groups excluding carboxylic acids is 1. The minimum atomic E-state index is 0.233. The van der Waals surface area contributed by atoms with Gasteiger partial charge in [0, 0.05) is 42.9 Å². The number of rotatable bonds is 4. The topological polar surface area (TPSA) is 26.8 Å². The van der Waals surface area contributed by atoms with E-state index in [-0.39, 0.29) is 5.91 Å². The van der Waals surface area contributed by atoms with E-state index in [1.54, 1.807) is 0 Å². The summed E-state index contributed by atoms with van der Waals surface area (Å²) in [6.45, 7) is 3.71. The maximum atomic E-state index is 12.9. The lowest BCUT2D eigenvalue weighted by Gasteiger charge is -2.38. The molecule has 1 fully saturated rings. The summed E-state index contributed by atoms with van der Waals surface area (Å²) in [5, 5.41) is 0.755. The Morgan fingerprint density at radius 3 is 2.68 bits per heavy atom. The van der Waals surface area contributed by atoms with Gasteiger partial charge in [0.15, 0.2) is 0 Å². The summed E-state index contributed by atoms with van der Waals surface area (Å²) in [6.07, 6.45) is 3.47. The van der Waals surface area contributed by atoms with Crippen LogP contribution in [0.1, 0.15) is 30.0 Å². The second-order valence-corrected chi connectivity index (χ2v) is 8.31. The van der Waals surface area contributed by atoms with Gasteiger partial charge < -0.3 is 9.80 Å². The monoisotopic (exact) mass is 397 g/mol. The Morgan fingerprint density at radius 1 is 1.11 bits per heavy atom. The number of fused-ring (bicyclic) bond motifs is 1. The van der Waals surface area contributed by atoms with E-state index in [9.17, 15) is 4.79 Å². The van der Waals surface area contributed by atoms with Crippen LogP contribution in [0.2, 0.25) is 5.02 Å². The van der Waals surface area contributed by atoms with Crippen LogP contribution in [-0.4, -0.2) is 55.5 Å². The van der Waals surface area contributed by atoms with E-state index in [1.165, 1.54) is 17.5 Å². The molecule has 1 heterocycles. The number of benzene rings is 2. The molecule has 148 valence electrons. The standard InChI is InChI=1S/C23H28ClN3O/c1-25(22-11-4-7-18-6-2-3-10-21(18)22)17-23(28)27-14-12-26(13-15-27)20-9-5-8-19(24)16-20/h2-3,5-6,8-10,16,22H,4,7,11-15,17H2,1H3/t22-/m0/s1. The van der Waals surface area contributed by atoms with Crippen LogP contribution in [0.5, 0.6) is 0 Å². The van der Waals surface area contributed by atoms with Crippen molar-refractivity contribution >= 4 is 23.2 Å². The molecule has 28 heavy (non-hydrogen) atoms. The Balaban J connectivity index is 1.34. The van der Waals surface area contributed by atoms with E-state index in [1.807, 2.05) is 23.1 Å². The quantitative estimate of drug-likeness (QED) is 0.780. The summed E-state index contributed by atoms with van der Waals surface area (Å²) in [5.41, 5.74) is 3.97. The van der Waals surface area contributed by atoms with Gasteiger partial charge in [0.25, 0.3) is 0 Å². The van der Waals surface area contributed by atoms with Crippen LogP contribution in [-0.2, 0) is 11.2 Å². The molecule has 0 saturated carbocycles. The van der Waals surface area contributed by atoms with Crippen molar-refractivity contribution in [3.63, 3.8) is 0 Å². The van der Waals surface area contributed by atoms with E-state index in [0.29, 0.717) is 12.6 Å². The van der Waals surface area contributed by atoms with E-state index < -0.39 is 0 Å². The maximum Gasteiger partial charge on any atom is 0.236 e. The number of amides is 1. The minimum Gasteiger partial charge on any atom is -0.368 e. The van der Waals surface area contributed by atoms with Gasteiger partial charge in [-0.15, -0.1) is 0 Å². The SMILES string of the molecule is CN(CC(=O)N1CCN(c2cccc(Cl)c2)CC1)[C@H]1CCCc2ccccc21. The molecule has 2 aromatic rings. The molecule has 1 aliphatic carbocycles. The first kappa shape index (κ1) is 19.3. The Labute approximate surface area is 172 Å². The predicted octanol–water partition coefficient (Wildman–Crippen LogP) is 4.00. The lowest BCUT2D eigenvalue weighted by Crippen LogP contribution is -2.51. The fourth-order valence-electron chi connectivity index (χ4n) is 4.50. The molecule has 1 saturated heterocycles. The fraction of sp³-hybridized carbons (Fsp3) is 0.435. The lowest BCUT2D eigenvalue weighted by atomic mass is 9.87. The van der Waals surface area contributed by atoms with Gasteiger partial charge in [-0.1, -0.05) is 41.9 Å². The zero-order chi connectivity index (χ0) is 19.5. The van der Waals surface area contributed by atoms with Crippen molar-refractivity contribution in [3.05, 3.63) is 64.7 Å². The third-order valence-electron chi connectivity index (χ3n) is 6.06. The normalized spacial score (nSPS) is 19.6. The number of anilines is 1. The molecule has 0 unspecified atom stereocenters. The minimum absolute atomic E-state index is 0.233. The van der Waals surface area contributed by atoms with Gasteiger partial charge in [0.1, 0.15) is 0 Å². The van der Waals surface area contributed by atoms with Crippen molar-refractivity contribution < 1.29 is 4.79 Å². The molecule has 2 aliphatic rings. The third kappa shape index (κ3) is 4.18. The zero-order valence-corrected chi connectivity index (χ0v) is 17.2. The van der Waals surface area contributed by atoms with E-state index >= 15 is 0 Å². The highest BCUT2D eigenvalue weighted by molar-refractivity contribution is 6.30. The van der Waals surface area contributed by atoms with Crippen molar-refractivity contribution in [2.75, 3.05) is 44.7 Å². The first-order valence-corrected chi connectivity index (χ1v) is 10.6. The van der Waals surface area contributed by atoms with Gasteiger partial charge in [-0.25, -0.2) is 0 Å². The Kier molecular flexibility index (Phi) is 5.88. The fourth-order valence-corrected chi connectivity index (χ4v) is 4.68. The van der Waals surface area contributed by atoms with Crippen molar-refractivity contribution in [1.82, 2.24) is 9.80 Å². The van der Waals surface area contributed by atoms with Crippen molar-refractivity contribution in [1.29, 1.82) is 0 Å². The second kappa shape index (κ2) is 8.54. The molecule has 1 atom stereocenters. The van der Waals surface area contributed by atoms with Crippen LogP contribution >= 0.6 is 11.6 Å². The molecule has 4 nitrogen and oxygen atoms in total. The summed E-state index contributed by atoms with van der Waals surface area (Å²) in [7, 11) is 2.09. The van der Waals surface area contributed by atoms with Crippen molar-refractivity contribution in [3.8, 4) is 0 Å². The smallest absolute Gasteiger partial charge is 0.236 e. The van der Waals surface area contributed by atoms with E-state index in [0.717, 1.165) is 49.7 Å². The molecular weight excluding hydrogens is 370 g/mol. The highest BCUT2D eigenvalue weighted by atomic mass is 35.5. The molecular formula is C23H28ClN3O. The average molecular weight is 398 g/mol. The van der Waals surface area contributed by atoms with E-state index in [4.69, 9.17) is 11.6 Å². The van der Waals surface area contributed by atoms with Gasteiger partial charge in [-0.2, -0.15) is 0 Å². The summed E-state index contributed by atoms with van der Waals surface area (Å²) in [6, 6.07) is 17.0. The number of likely N-dealkylation sites (N-methyl/N-ethyl adjacent to an activating group) is 1. The van der Waals surface area contributed by atoms with Crippen molar-refractivity contribution in [2.45, 2.75) is 25.3 Å². The highest BCUT2D eigenvalue weighted by Crippen LogP contribution is 2.33. The number of hydrogen-bond donors (Lipinski definition) is 0. The molecule has 5 heteroatoms. The molecule has 0 N–H and O–H groups in total.